The van der Waals surface area contributed by atoms with E-state index in [2.05, 4.69) is 34.0 Å². The number of halogens is 1. The van der Waals surface area contributed by atoms with E-state index >= 15 is 0 Å². The second-order valence-electron chi connectivity index (χ2n) is 4.28. The quantitative estimate of drug-likeness (QED) is 0.857. The lowest BCUT2D eigenvalue weighted by molar-refractivity contribution is 0.253. The molecule has 1 unspecified atom stereocenters. The molecule has 1 aromatic rings. The molecule has 2 rings (SSSR count). The first-order chi connectivity index (χ1) is 7.86. The van der Waals surface area contributed by atoms with Crippen molar-refractivity contribution in [3.8, 4) is 5.75 Å². The minimum Gasteiger partial charge on any atom is -0.492 e. The molecule has 1 aliphatic heterocycles. The number of nitrogens with one attached hydrogen (secondary N) is 1. The lowest BCUT2D eigenvalue weighted by Gasteiger charge is -2.22. The lowest BCUT2D eigenvalue weighted by Crippen LogP contribution is -2.30. The zero-order chi connectivity index (χ0) is 11.2. The Kier molecular flexibility index (Phi) is 4.91. The molecule has 1 aromatic carbocycles. The predicted octanol–water partition coefficient (Wildman–Crippen LogP) is 3.06. The Morgan fingerprint density at radius 1 is 1.38 bits per heavy atom. The molecular formula is C13H18INO. The largest absolute Gasteiger partial charge is 0.492 e. The van der Waals surface area contributed by atoms with E-state index in [0.717, 1.165) is 31.2 Å². The van der Waals surface area contributed by atoms with Gasteiger partial charge < -0.3 is 10.1 Å². The Hall–Kier alpha value is -0.290. The van der Waals surface area contributed by atoms with Gasteiger partial charge in [-0.1, -0.05) is 12.1 Å². The van der Waals surface area contributed by atoms with Crippen LogP contribution in [0.3, 0.4) is 0 Å². The maximum atomic E-state index is 5.80. The van der Waals surface area contributed by atoms with Gasteiger partial charge in [0.2, 0.25) is 0 Å². The summed E-state index contributed by atoms with van der Waals surface area (Å²) >= 11 is 2.32. The highest BCUT2D eigenvalue weighted by Gasteiger charge is 2.12. The van der Waals surface area contributed by atoms with Gasteiger partial charge in [0.25, 0.3) is 0 Å². The Bertz CT molecular complexity index is 323. The van der Waals surface area contributed by atoms with E-state index in [1.54, 1.807) is 0 Å². The molecule has 0 aromatic heterocycles. The van der Waals surface area contributed by atoms with Gasteiger partial charge in [0, 0.05) is 0 Å². The van der Waals surface area contributed by atoms with E-state index < -0.39 is 0 Å². The minimum atomic E-state index is 0.801. The summed E-state index contributed by atoms with van der Waals surface area (Å²) in [5.74, 6) is 1.82. The lowest BCUT2D eigenvalue weighted by atomic mass is 9.97. The van der Waals surface area contributed by atoms with E-state index in [0.29, 0.717) is 0 Å². The molecule has 1 saturated heterocycles. The molecule has 2 nitrogen and oxygen atoms in total. The molecule has 88 valence electrons. The zero-order valence-corrected chi connectivity index (χ0v) is 11.6. The molecule has 0 amide bonds. The van der Waals surface area contributed by atoms with Gasteiger partial charge in [-0.05, 0) is 73.0 Å². The van der Waals surface area contributed by atoms with Crippen LogP contribution in [0, 0.1) is 9.49 Å². The van der Waals surface area contributed by atoms with Crippen LogP contribution in [0.4, 0.5) is 0 Å². The topological polar surface area (TPSA) is 21.3 Å². The van der Waals surface area contributed by atoms with Crippen molar-refractivity contribution in [1.82, 2.24) is 5.32 Å². The smallest absolute Gasteiger partial charge is 0.132 e. The van der Waals surface area contributed by atoms with Crippen molar-refractivity contribution in [2.75, 3.05) is 19.7 Å². The van der Waals surface area contributed by atoms with Crippen molar-refractivity contribution in [1.29, 1.82) is 0 Å². The Labute approximate surface area is 111 Å². The Morgan fingerprint density at radius 2 is 2.25 bits per heavy atom. The molecule has 1 heterocycles. The van der Waals surface area contributed by atoms with E-state index in [-0.39, 0.29) is 0 Å². The predicted molar refractivity (Wildman–Crippen MR) is 74.9 cm³/mol. The molecule has 0 aliphatic carbocycles. The molecule has 1 atom stereocenters. The van der Waals surface area contributed by atoms with Gasteiger partial charge in [-0.25, -0.2) is 0 Å². The Morgan fingerprint density at radius 3 is 3.00 bits per heavy atom. The number of para-hydroxylation sites is 1. The zero-order valence-electron chi connectivity index (χ0n) is 9.42. The van der Waals surface area contributed by atoms with Gasteiger partial charge in [0.05, 0.1) is 10.2 Å². The minimum absolute atomic E-state index is 0.801. The molecule has 0 radical (unpaired) electrons. The number of hydrogen-bond acceptors (Lipinski definition) is 2. The standard InChI is InChI=1S/C13H18INO/c14-12-5-1-2-6-13(12)16-9-7-11-4-3-8-15-10-11/h1-2,5-6,11,15H,3-4,7-10H2. The normalized spacial score (nSPS) is 20.7. The van der Waals surface area contributed by atoms with Crippen molar-refractivity contribution in [3.63, 3.8) is 0 Å². The van der Waals surface area contributed by atoms with E-state index in [4.69, 9.17) is 4.74 Å². The van der Waals surface area contributed by atoms with Crippen molar-refractivity contribution in [2.24, 2.45) is 5.92 Å². The van der Waals surface area contributed by atoms with Crippen LogP contribution in [0.5, 0.6) is 5.75 Å². The third-order valence-electron chi connectivity index (χ3n) is 3.02. The number of ether oxygens (including phenoxy) is 1. The maximum Gasteiger partial charge on any atom is 0.132 e. The van der Waals surface area contributed by atoms with Crippen LogP contribution in [-0.4, -0.2) is 19.7 Å². The highest BCUT2D eigenvalue weighted by molar-refractivity contribution is 14.1. The fourth-order valence-corrected chi connectivity index (χ4v) is 2.61. The van der Waals surface area contributed by atoms with Crippen LogP contribution in [0.2, 0.25) is 0 Å². The number of hydrogen-bond donors (Lipinski definition) is 1. The average molecular weight is 331 g/mol. The fraction of sp³-hybridized carbons (Fsp3) is 0.538. The Balaban J connectivity index is 1.73. The summed E-state index contributed by atoms with van der Waals surface area (Å²) < 4.78 is 7.00. The highest BCUT2D eigenvalue weighted by atomic mass is 127. The summed E-state index contributed by atoms with van der Waals surface area (Å²) in [6.07, 6.45) is 3.83. The second kappa shape index (κ2) is 6.45. The molecule has 0 bridgehead atoms. The van der Waals surface area contributed by atoms with Crippen LogP contribution >= 0.6 is 22.6 Å². The van der Waals surface area contributed by atoms with Gasteiger partial charge in [0.1, 0.15) is 5.75 Å². The van der Waals surface area contributed by atoms with Crippen molar-refractivity contribution >= 4 is 22.6 Å². The summed E-state index contributed by atoms with van der Waals surface area (Å²) in [7, 11) is 0. The van der Waals surface area contributed by atoms with E-state index in [1.807, 2.05) is 18.2 Å². The van der Waals surface area contributed by atoms with E-state index in [1.165, 1.54) is 23.0 Å². The molecule has 0 spiro atoms. The molecule has 0 saturated carbocycles. The summed E-state index contributed by atoms with van der Waals surface area (Å²) in [6, 6.07) is 8.19. The molecule has 16 heavy (non-hydrogen) atoms. The van der Waals surface area contributed by atoms with Crippen LogP contribution in [0.1, 0.15) is 19.3 Å². The molecular weight excluding hydrogens is 313 g/mol. The first-order valence-electron chi connectivity index (χ1n) is 5.94. The fourth-order valence-electron chi connectivity index (χ4n) is 2.07. The number of benzene rings is 1. The summed E-state index contributed by atoms with van der Waals surface area (Å²) in [6.45, 7) is 3.19. The third kappa shape index (κ3) is 3.63. The van der Waals surface area contributed by atoms with Crippen molar-refractivity contribution in [3.05, 3.63) is 27.8 Å². The number of piperidine rings is 1. The molecule has 1 fully saturated rings. The van der Waals surface area contributed by atoms with E-state index in [9.17, 15) is 0 Å². The van der Waals surface area contributed by atoms with Crippen LogP contribution in [0.15, 0.2) is 24.3 Å². The first-order valence-corrected chi connectivity index (χ1v) is 7.02. The first kappa shape index (κ1) is 12.2. The summed E-state index contributed by atoms with van der Waals surface area (Å²) in [4.78, 5) is 0. The highest BCUT2D eigenvalue weighted by Crippen LogP contribution is 2.21. The molecule has 1 aliphatic rings. The van der Waals surface area contributed by atoms with Crippen molar-refractivity contribution < 1.29 is 4.74 Å². The van der Waals surface area contributed by atoms with Gasteiger partial charge in [-0.15, -0.1) is 0 Å². The van der Waals surface area contributed by atoms with Crippen LogP contribution in [-0.2, 0) is 0 Å². The van der Waals surface area contributed by atoms with Gasteiger partial charge in [-0.2, -0.15) is 0 Å². The summed E-state index contributed by atoms with van der Waals surface area (Å²) in [5.41, 5.74) is 0. The SMILES string of the molecule is Ic1ccccc1OCCC1CCCNC1. The molecule has 3 heteroatoms. The van der Waals surface area contributed by atoms with Crippen LogP contribution in [0.25, 0.3) is 0 Å². The van der Waals surface area contributed by atoms with Gasteiger partial charge in [0.15, 0.2) is 0 Å². The van der Waals surface area contributed by atoms with Crippen LogP contribution < -0.4 is 10.1 Å². The monoisotopic (exact) mass is 331 g/mol. The number of rotatable bonds is 4. The van der Waals surface area contributed by atoms with Gasteiger partial charge >= 0.3 is 0 Å². The van der Waals surface area contributed by atoms with Crippen molar-refractivity contribution in [2.45, 2.75) is 19.3 Å². The second-order valence-corrected chi connectivity index (χ2v) is 5.44. The molecule has 1 N–H and O–H groups in total. The third-order valence-corrected chi connectivity index (χ3v) is 3.91. The van der Waals surface area contributed by atoms with Gasteiger partial charge in [-0.3, -0.25) is 0 Å². The summed E-state index contributed by atoms with van der Waals surface area (Å²) in [5, 5.41) is 3.44. The maximum absolute atomic E-state index is 5.80. The average Bonchev–Trinajstić information content (AvgIpc) is 2.33.